The molecule has 0 unspecified atom stereocenters. The van der Waals surface area contributed by atoms with Crippen molar-refractivity contribution >= 4 is 11.7 Å². The maximum Gasteiger partial charge on any atom is 0.354 e. The normalized spacial score (nSPS) is 10.9. The summed E-state index contributed by atoms with van der Waals surface area (Å²) in [7, 11) is 0. The number of carboxylic acid groups (broad SMARTS) is 1. The SMILES string of the molecule is Cc1nc2nc(C(=O)O)cc(-c3ccc[nH]3)n2n1. The molecule has 0 bridgehead atoms. The summed E-state index contributed by atoms with van der Waals surface area (Å²) in [5, 5.41) is 13.2. The van der Waals surface area contributed by atoms with Crippen LogP contribution in [-0.2, 0) is 0 Å². The number of aryl methyl sites for hydroxylation is 1. The van der Waals surface area contributed by atoms with Crippen molar-refractivity contribution in [3.63, 3.8) is 0 Å². The van der Waals surface area contributed by atoms with E-state index in [1.807, 2.05) is 12.1 Å². The number of nitrogens with one attached hydrogen (secondary N) is 1. The summed E-state index contributed by atoms with van der Waals surface area (Å²) < 4.78 is 1.52. The molecule has 90 valence electrons. The third-order valence-electron chi connectivity index (χ3n) is 2.51. The molecule has 3 rings (SSSR count). The molecule has 0 saturated heterocycles. The maximum absolute atomic E-state index is 11.0. The van der Waals surface area contributed by atoms with Crippen molar-refractivity contribution in [2.45, 2.75) is 6.92 Å². The standard InChI is InChI=1S/C11H9N5O2/c1-6-13-11-14-8(10(17)18)5-9(16(11)15-6)7-3-2-4-12-7/h2-5,12H,1H3,(H,17,18). The third kappa shape index (κ3) is 1.53. The third-order valence-corrected chi connectivity index (χ3v) is 2.51. The summed E-state index contributed by atoms with van der Waals surface area (Å²) in [6, 6.07) is 5.12. The molecule has 3 aromatic heterocycles. The van der Waals surface area contributed by atoms with Crippen LogP contribution >= 0.6 is 0 Å². The Hall–Kier alpha value is -2.70. The Morgan fingerprint density at radius 3 is 2.94 bits per heavy atom. The molecule has 0 radical (unpaired) electrons. The summed E-state index contributed by atoms with van der Waals surface area (Å²) in [6.45, 7) is 1.73. The lowest BCUT2D eigenvalue weighted by Crippen LogP contribution is -2.05. The van der Waals surface area contributed by atoms with Crippen LogP contribution in [0.15, 0.2) is 24.4 Å². The van der Waals surface area contributed by atoms with E-state index in [4.69, 9.17) is 5.11 Å². The fourth-order valence-corrected chi connectivity index (χ4v) is 1.76. The van der Waals surface area contributed by atoms with Gasteiger partial charge in [-0.3, -0.25) is 0 Å². The van der Waals surface area contributed by atoms with Crippen molar-refractivity contribution in [2.24, 2.45) is 0 Å². The van der Waals surface area contributed by atoms with Crippen LogP contribution in [0, 0.1) is 6.92 Å². The smallest absolute Gasteiger partial charge is 0.354 e. The molecule has 18 heavy (non-hydrogen) atoms. The lowest BCUT2D eigenvalue weighted by Gasteiger charge is -2.02. The average molecular weight is 243 g/mol. The lowest BCUT2D eigenvalue weighted by molar-refractivity contribution is 0.0690. The number of hydrogen-bond donors (Lipinski definition) is 2. The van der Waals surface area contributed by atoms with E-state index in [9.17, 15) is 4.79 Å². The molecule has 0 atom stereocenters. The first-order valence-electron chi connectivity index (χ1n) is 5.26. The van der Waals surface area contributed by atoms with Gasteiger partial charge in [0.25, 0.3) is 5.78 Å². The second-order valence-corrected chi connectivity index (χ2v) is 3.79. The highest BCUT2D eigenvalue weighted by Crippen LogP contribution is 2.18. The van der Waals surface area contributed by atoms with Gasteiger partial charge in [0.1, 0.15) is 5.82 Å². The maximum atomic E-state index is 11.0. The van der Waals surface area contributed by atoms with Gasteiger partial charge in [-0.1, -0.05) is 0 Å². The van der Waals surface area contributed by atoms with E-state index in [0.717, 1.165) is 5.69 Å². The second-order valence-electron chi connectivity index (χ2n) is 3.79. The van der Waals surface area contributed by atoms with E-state index < -0.39 is 5.97 Å². The summed E-state index contributed by atoms with van der Waals surface area (Å²) in [6.07, 6.45) is 1.76. The Labute approximate surface area is 101 Å². The van der Waals surface area contributed by atoms with E-state index >= 15 is 0 Å². The van der Waals surface area contributed by atoms with Crippen molar-refractivity contribution in [3.05, 3.63) is 35.9 Å². The number of aromatic carboxylic acids is 1. The van der Waals surface area contributed by atoms with Crippen molar-refractivity contribution in [2.75, 3.05) is 0 Å². The minimum absolute atomic E-state index is 0.0560. The predicted molar refractivity (Wildman–Crippen MR) is 62.3 cm³/mol. The second kappa shape index (κ2) is 3.66. The topological polar surface area (TPSA) is 96.2 Å². The Bertz CT molecular complexity index is 729. The van der Waals surface area contributed by atoms with Gasteiger partial charge in [-0.25, -0.2) is 9.78 Å². The number of carboxylic acids is 1. The van der Waals surface area contributed by atoms with Crippen LogP contribution in [-0.4, -0.2) is 35.6 Å². The first-order valence-corrected chi connectivity index (χ1v) is 5.26. The number of nitrogens with zero attached hydrogens (tertiary/aromatic N) is 4. The number of carbonyl (C=O) groups is 1. The van der Waals surface area contributed by atoms with Crippen LogP contribution in [0.5, 0.6) is 0 Å². The highest BCUT2D eigenvalue weighted by atomic mass is 16.4. The molecule has 0 aliphatic carbocycles. The number of aromatic nitrogens is 5. The zero-order valence-corrected chi connectivity index (χ0v) is 9.45. The van der Waals surface area contributed by atoms with Gasteiger partial charge in [-0.05, 0) is 25.1 Å². The molecule has 0 fully saturated rings. The molecule has 0 aliphatic rings. The van der Waals surface area contributed by atoms with E-state index in [-0.39, 0.29) is 11.5 Å². The average Bonchev–Trinajstić information content (AvgIpc) is 2.94. The van der Waals surface area contributed by atoms with Gasteiger partial charge >= 0.3 is 5.97 Å². The van der Waals surface area contributed by atoms with Gasteiger partial charge in [0, 0.05) is 6.20 Å². The van der Waals surface area contributed by atoms with E-state index in [1.54, 1.807) is 13.1 Å². The quantitative estimate of drug-likeness (QED) is 0.703. The number of rotatable bonds is 2. The molecule has 0 aliphatic heterocycles. The largest absolute Gasteiger partial charge is 0.477 e. The van der Waals surface area contributed by atoms with Crippen LogP contribution in [0.3, 0.4) is 0 Å². The summed E-state index contributed by atoms with van der Waals surface area (Å²) in [5.74, 6) is -0.277. The molecule has 3 aromatic rings. The number of fused-ring (bicyclic) bond motifs is 1. The van der Waals surface area contributed by atoms with E-state index in [0.29, 0.717) is 11.5 Å². The number of aromatic amines is 1. The van der Waals surface area contributed by atoms with Gasteiger partial charge in [0.05, 0.1) is 11.4 Å². The Morgan fingerprint density at radius 2 is 2.28 bits per heavy atom. The molecule has 7 heteroatoms. The van der Waals surface area contributed by atoms with Gasteiger partial charge in [-0.2, -0.15) is 9.50 Å². The van der Waals surface area contributed by atoms with Crippen LogP contribution < -0.4 is 0 Å². The highest BCUT2D eigenvalue weighted by molar-refractivity contribution is 5.87. The van der Waals surface area contributed by atoms with E-state index in [2.05, 4.69) is 20.1 Å². The van der Waals surface area contributed by atoms with Gasteiger partial charge in [0.15, 0.2) is 5.69 Å². The molecule has 0 saturated carbocycles. The molecular weight excluding hydrogens is 234 g/mol. The first kappa shape index (κ1) is 10.5. The molecule has 2 N–H and O–H groups in total. The van der Waals surface area contributed by atoms with Gasteiger partial charge in [-0.15, -0.1) is 5.10 Å². The summed E-state index contributed by atoms with van der Waals surface area (Å²) >= 11 is 0. The van der Waals surface area contributed by atoms with Crippen molar-refractivity contribution in [1.82, 2.24) is 24.6 Å². The molecule has 0 aromatic carbocycles. The Balaban J connectivity index is 2.36. The summed E-state index contributed by atoms with van der Waals surface area (Å²) in [4.78, 5) is 22.1. The van der Waals surface area contributed by atoms with Crippen LogP contribution in [0.1, 0.15) is 16.3 Å². The molecule has 7 nitrogen and oxygen atoms in total. The van der Waals surface area contributed by atoms with Crippen molar-refractivity contribution in [1.29, 1.82) is 0 Å². The molecule has 0 spiro atoms. The zero-order valence-electron chi connectivity index (χ0n) is 9.45. The number of H-pyrrole nitrogens is 1. The minimum atomic E-state index is -1.09. The van der Waals surface area contributed by atoms with Gasteiger partial charge in [0.2, 0.25) is 0 Å². The van der Waals surface area contributed by atoms with E-state index in [1.165, 1.54) is 10.6 Å². The molecule has 0 amide bonds. The van der Waals surface area contributed by atoms with Crippen LogP contribution in [0.4, 0.5) is 0 Å². The van der Waals surface area contributed by atoms with Crippen molar-refractivity contribution in [3.8, 4) is 11.4 Å². The number of hydrogen-bond acceptors (Lipinski definition) is 4. The lowest BCUT2D eigenvalue weighted by atomic mass is 10.2. The fraction of sp³-hybridized carbons (Fsp3) is 0.0909. The van der Waals surface area contributed by atoms with Crippen molar-refractivity contribution < 1.29 is 9.90 Å². The molecular formula is C11H9N5O2. The monoisotopic (exact) mass is 243 g/mol. The Morgan fingerprint density at radius 1 is 1.44 bits per heavy atom. The van der Waals surface area contributed by atoms with Crippen LogP contribution in [0.2, 0.25) is 0 Å². The molecule has 3 heterocycles. The fourth-order valence-electron chi connectivity index (χ4n) is 1.76. The summed E-state index contributed by atoms with van der Waals surface area (Å²) in [5.41, 5.74) is 1.32. The van der Waals surface area contributed by atoms with Gasteiger partial charge < -0.3 is 10.1 Å². The minimum Gasteiger partial charge on any atom is -0.477 e. The first-order chi connectivity index (χ1) is 8.65. The predicted octanol–water partition coefficient (Wildman–Crippen LogP) is 1.13. The Kier molecular flexibility index (Phi) is 2.12. The zero-order chi connectivity index (χ0) is 12.7. The highest BCUT2D eigenvalue weighted by Gasteiger charge is 2.15. The van der Waals surface area contributed by atoms with Crippen LogP contribution in [0.25, 0.3) is 17.2 Å².